The van der Waals surface area contributed by atoms with E-state index in [2.05, 4.69) is 34.6 Å². The quantitative estimate of drug-likeness (QED) is 0.630. The van der Waals surface area contributed by atoms with Gasteiger partial charge in [0, 0.05) is 0 Å². The van der Waals surface area contributed by atoms with Crippen molar-refractivity contribution in [3.63, 3.8) is 0 Å². The first-order valence-electron chi connectivity index (χ1n) is 5.50. The van der Waals surface area contributed by atoms with E-state index in [0.29, 0.717) is 0 Å². The Balaban J connectivity index is 2.26. The van der Waals surface area contributed by atoms with Gasteiger partial charge in [0.15, 0.2) is 5.90 Å². The third-order valence-electron chi connectivity index (χ3n) is 3.56. The van der Waals surface area contributed by atoms with E-state index in [9.17, 15) is 0 Å². The molecule has 2 heteroatoms. The summed E-state index contributed by atoms with van der Waals surface area (Å²) < 4.78 is 5.77. The zero-order valence-corrected chi connectivity index (χ0v) is 9.98. The van der Waals surface area contributed by atoms with E-state index in [-0.39, 0.29) is 16.4 Å². The van der Waals surface area contributed by atoms with Gasteiger partial charge < -0.3 is 4.74 Å². The molecule has 14 heavy (non-hydrogen) atoms. The number of aliphatic imine (C=N–C) groups is 1. The molecule has 0 amide bonds. The summed E-state index contributed by atoms with van der Waals surface area (Å²) in [7, 11) is 0. The lowest BCUT2D eigenvalue weighted by Crippen LogP contribution is -2.30. The largest absolute Gasteiger partial charge is 0.478 e. The maximum Gasteiger partial charge on any atom is 0.190 e. The minimum Gasteiger partial charge on any atom is -0.478 e. The van der Waals surface area contributed by atoms with E-state index in [0.717, 1.165) is 12.5 Å². The van der Waals surface area contributed by atoms with Crippen LogP contribution in [0.3, 0.4) is 0 Å². The molecule has 2 nitrogen and oxygen atoms in total. The summed E-state index contributed by atoms with van der Waals surface area (Å²) in [6.07, 6.45) is 2.48. The van der Waals surface area contributed by atoms with Gasteiger partial charge in [-0.1, -0.05) is 20.8 Å². The Morgan fingerprint density at radius 2 is 1.79 bits per heavy atom. The predicted molar refractivity (Wildman–Crippen MR) is 58.6 cm³/mol. The second-order valence-corrected chi connectivity index (χ2v) is 6.35. The SMILES string of the molecule is CC1(C)COC(C2(C(C)(C)C)CC2)=N1. The van der Waals surface area contributed by atoms with E-state index in [1.54, 1.807) is 0 Å². The number of hydrogen-bond acceptors (Lipinski definition) is 2. The Bertz CT molecular complexity index is 279. The normalized spacial score (nSPS) is 28.2. The van der Waals surface area contributed by atoms with Crippen molar-refractivity contribution < 1.29 is 4.74 Å². The van der Waals surface area contributed by atoms with Crippen molar-refractivity contribution in [1.29, 1.82) is 0 Å². The second kappa shape index (κ2) is 2.53. The zero-order valence-electron chi connectivity index (χ0n) is 9.98. The molecule has 0 aromatic rings. The second-order valence-electron chi connectivity index (χ2n) is 6.35. The van der Waals surface area contributed by atoms with Crippen molar-refractivity contribution >= 4 is 5.90 Å². The monoisotopic (exact) mass is 195 g/mol. The third-order valence-corrected chi connectivity index (χ3v) is 3.56. The van der Waals surface area contributed by atoms with Gasteiger partial charge in [-0.25, -0.2) is 4.99 Å². The van der Waals surface area contributed by atoms with Gasteiger partial charge in [-0.2, -0.15) is 0 Å². The number of nitrogens with zero attached hydrogens (tertiary/aromatic N) is 1. The molecule has 2 aliphatic rings. The average molecular weight is 195 g/mol. The summed E-state index contributed by atoms with van der Waals surface area (Å²) in [5.41, 5.74) is 0.531. The molecular formula is C12H21NO. The number of rotatable bonds is 1. The predicted octanol–water partition coefficient (Wildman–Crippen LogP) is 3.02. The molecular weight excluding hydrogens is 174 g/mol. The molecule has 1 saturated carbocycles. The standard InChI is InChI=1S/C12H21NO/c1-10(2,3)12(6-7-12)9-13-11(4,5)8-14-9/h6-8H2,1-5H3. The molecule has 1 aliphatic carbocycles. The van der Waals surface area contributed by atoms with Gasteiger partial charge in [0.2, 0.25) is 0 Å². The Morgan fingerprint density at radius 3 is 2.07 bits per heavy atom. The van der Waals surface area contributed by atoms with Crippen LogP contribution in [-0.2, 0) is 4.74 Å². The van der Waals surface area contributed by atoms with Gasteiger partial charge >= 0.3 is 0 Å². The van der Waals surface area contributed by atoms with Crippen molar-refractivity contribution in [2.24, 2.45) is 15.8 Å². The first-order chi connectivity index (χ1) is 6.27. The summed E-state index contributed by atoms with van der Waals surface area (Å²) in [4.78, 5) is 4.72. The Kier molecular flexibility index (Phi) is 1.81. The van der Waals surface area contributed by atoms with Crippen molar-refractivity contribution in [3.8, 4) is 0 Å². The van der Waals surface area contributed by atoms with E-state index in [4.69, 9.17) is 9.73 Å². The molecule has 80 valence electrons. The summed E-state index contributed by atoms with van der Waals surface area (Å²) >= 11 is 0. The highest BCUT2D eigenvalue weighted by Crippen LogP contribution is 2.60. The fraction of sp³-hybridized carbons (Fsp3) is 0.917. The van der Waals surface area contributed by atoms with Crippen molar-refractivity contribution in [1.82, 2.24) is 0 Å². The zero-order chi connectivity index (χ0) is 10.6. The number of hydrogen-bond donors (Lipinski definition) is 0. The van der Waals surface area contributed by atoms with Crippen molar-refractivity contribution in [2.75, 3.05) is 6.61 Å². The Hall–Kier alpha value is -0.530. The lowest BCUT2D eigenvalue weighted by atomic mass is 9.77. The van der Waals surface area contributed by atoms with Crippen LogP contribution in [0, 0.1) is 10.8 Å². The average Bonchev–Trinajstić information content (AvgIpc) is 2.71. The highest BCUT2D eigenvalue weighted by atomic mass is 16.5. The summed E-state index contributed by atoms with van der Waals surface area (Å²) in [6, 6.07) is 0. The molecule has 1 fully saturated rings. The first kappa shape index (κ1) is 10.0. The smallest absolute Gasteiger partial charge is 0.190 e. The number of ether oxygens (including phenoxy) is 1. The van der Waals surface area contributed by atoms with Crippen LogP contribution in [0.15, 0.2) is 4.99 Å². The Morgan fingerprint density at radius 1 is 1.21 bits per heavy atom. The van der Waals surface area contributed by atoms with Crippen LogP contribution in [0.4, 0.5) is 0 Å². The molecule has 0 aromatic heterocycles. The molecule has 0 bridgehead atoms. The van der Waals surface area contributed by atoms with E-state index < -0.39 is 0 Å². The minimum atomic E-state index is -0.00380. The molecule has 0 unspecified atom stereocenters. The third kappa shape index (κ3) is 1.35. The first-order valence-corrected chi connectivity index (χ1v) is 5.50. The van der Waals surface area contributed by atoms with Crippen molar-refractivity contribution in [3.05, 3.63) is 0 Å². The van der Waals surface area contributed by atoms with Crippen LogP contribution in [0.5, 0.6) is 0 Å². The van der Waals surface area contributed by atoms with Gasteiger partial charge in [0.25, 0.3) is 0 Å². The van der Waals surface area contributed by atoms with Crippen LogP contribution in [0.2, 0.25) is 0 Å². The molecule has 0 N–H and O–H groups in total. The van der Waals surface area contributed by atoms with E-state index in [1.807, 2.05) is 0 Å². The fourth-order valence-corrected chi connectivity index (χ4v) is 2.24. The molecule has 0 aromatic carbocycles. The van der Waals surface area contributed by atoms with Crippen LogP contribution in [0.25, 0.3) is 0 Å². The maximum atomic E-state index is 5.77. The topological polar surface area (TPSA) is 21.6 Å². The summed E-state index contributed by atoms with van der Waals surface area (Å²) in [5, 5.41) is 0. The van der Waals surface area contributed by atoms with Gasteiger partial charge in [0.1, 0.15) is 6.61 Å². The van der Waals surface area contributed by atoms with Crippen LogP contribution < -0.4 is 0 Å². The molecule has 1 aliphatic heterocycles. The van der Waals surface area contributed by atoms with Crippen LogP contribution in [-0.4, -0.2) is 18.0 Å². The van der Waals surface area contributed by atoms with Gasteiger partial charge in [-0.3, -0.25) is 0 Å². The van der Waals surface area contributed by atoms with Gasteiger partial charge in [-0.05, 0) is 32.1 Å². The molecule has 0 atom stereocenters. The van der Waals surface area contributed by atoms with Crippen molar-refractivity contribution in [2.45, 2.75) is 53.0 Å². The summed E-state index contributed by atoms with van der Waals surface area (Å²) in [6.45, 7) is 11.9. The van der Waals surface area contributed by atoms with Gasteiger partial charge in [-0.15, -0.1) is 0 Å². The molecule has 0 spiro atoms. The molecule has 0 radical (unpaired) electrons. The van der Waals surface area contributed by atoms with E-state index in [1.165, 1.54) is 12.8 Å². The lowest BCUT2D eigenvalue weighted by molar-refractivity contribution is 0.214. The highest BCUT2D eigenvalue weighted by Gasteiger charge is 2.58. The maximum absolute atomic E-state index is 5.77. The molecule has 2 rings (SSSR count). The molecule has 1 heterocycles. The summed E-state index contributed by atoms with van der Waals surface area (Å²) in [5.74, 6) is 1.02. The van der Waals surface area contributed by atoms with Crippen LogP contribution in [0.1, 0.15) is 47.5 Å². The van der Waals surface area contributed by atoms with E-state index >= 15 is 0 Å². The Labute approximate surface area is 86.8 Å². The highest BCUT2D eigenvalue weighted by molar-refractivity contribution is 5.87. The fourth-order valence-electron chi connectivity index (χ4n) is 2.24. The van der Waals surface area contributed by atoms with Crippen LogP contribution >= 0.6 is 0 Å². The molecule has 0 saturated heterocycles. The lowest BCUT2D eigenvalue weighted by Gasteiger charge is -2.29. The minimum absolute atomic E-state index is 0.00380. The van der Waals surface area contributed by atoms with Gasteiger partial charge in [0.05, 0.1) is 11.0 Å².